The Balaban J connectivity index is 1.27. The molecule has 2 heterocycles. The number of rotatable bonds is 6. The highest BCUT2D eigenvalue weighted by molar-refractivity contribution is 5.97. The molecule has 0 spiro atoms. The largest absolute Gasteiger partial charge is 0.493 e. The average molecular weight is 407 g/mol. The Kier molecular flexibility index (Phi) is 5.99. The lowest BCUT2D eigenvalue weighted by Gasteiger charge is -2.31. The van der Waals surface area contributed by atoms with E-state index in [1.807, 2.05) is 42.5 Å². The smallest absolute Gasteiger partial charge is 0.287 e. The predicted molar refractivity (Wildman–Crippen MR) is 115 cm³/mol. The van der Waals surface area contributed by atoms with Crippen molar-refractivity contribution in [1.82, 2.24) is 10.2 Å². The van der Waals surface area contributed by atoms with Gasteiger partial charge in [0.1, 0.15) is 0 Å². The van der Waals surface area contributed by atoms with Crippen molar-refractivity contribution < 1.29 is 18.7 Å². The Morgan fingerprint density at radius 2 is 1.87 bits per heavy atom. The highest BCUT2D eigenvalue weighted by Gasteiger charge is 2.24. The Morgan fingerprint density at radius 1 is 1.10 bits per heavy atom. The molecule has 7 nitrogen and oxygen atoms in total. The number of para-hydroxylation sites is 2. The quantitative estimate of drug-likeness (QED) is 0.655. The Bertz CT molecular complexity index is 1020. The van der Waals surface area contributed by atoms with Gasteiger partial charge in [0.15, 0.2) is 17.1 Å². The van der Waals surface area contributed by atoms with Gasteiger partial charge in [-0.1, -0.05) is 30.3 Å². The highest BCUT2D eigenvalue weighted by Crippen LogP contribution is 2.28. The number of fused-ring (bicyclic) bond motifs is 1. The number of carbonyl (C=O) groups excluding carboxylic acids is 2. The number of carbonyl (C=O) groups is 2. The summed E-state index contributed by atoms with van der Waals surface area (Å²) in [7, 11) is 1.57. The van der Waals surface area contributed by atoms with Crippen LogP contribution in [0.1, 0.15) is 23.4 Å². The van der Waals surface area contributed by atoms with Crippen LogP contribution in [0.5, 0.6) is 5.75 Å². The lowest BCUT2D eigenvalue weighted by molar-refractivity contribution is -0.117. The number of likely N-dealkylation sites (tertiary alicyclic amines) is 1. The first-order valence-corrected chi connectivity index (χ1v) is 10.1. The molecule has 2 amide bonds. The van der Waals surface area contributed by atoms with Gasteiger partial charge in [0.2, 0.25) is 5.91 Å². The van der Waals surface area contributed by atoms with Crippen LogP contribution in [0.2, 0.25) is 0 Å². The molecule has 30 heavy (non-hydrogen) atoms. The Hall–Kier alpha value is -3.32. The van der Waals surface area contributed by atoms with E-state index in [2.05, 4.69) is 15.5 Å². The molecule has 7 heteroatoms. The van der Waals surface area contributed by atoms with E-state index < -0.39 is 0 Å². The highest BCUT2D eigenvalue weighted by atomic mass is 16.5. The number of anilines is 1. The molecule has 0 unspecified atom stereocenters. The topological polar surface area (TPSA) is 83.8 Å². The summed E-state index contributed by atoms with van der Waals surface area (Å²) in [5.41, 5.74) is 1.37. The zero-order chi connectivity index (χ0) is 20.9. The van der Waals surface area contributed by atoms with Gasteiger partial charge >= 0.3 is 0 Å². The van der Waals surface area contributed by atoms with Crippen LogP contribution in [0.3, 0.4) is 0 Å². The SMILES string of the molecule is COc1cccc2cc(C(=O)NC3CCN(CC(=O)Nc4ccccc4)CC3)oc12. The number of hydrogen-bond donors (Lipinski definition) is 2. The lowest BCUT2D eigenvalue weighted by Crippen LogP contribution is -2.46. The van der Waals surface area contributed by atoms with Gasteiger partial charge < -0.3 is 19.8 Å². The van der Waals surface area contributed by atoms with Crippen molar-refractivity contribution in [3.8, 4) is 5.75 Å². The van der Waals surface area contributed by atoms with E-state index in [-0.39, 0.29) is 23.6 Å². The molecule has 156 valence electrons. The number of benzene rings is 2. The van der Waals surface area contributed by atoms with E-state index in [0.29, 0.717) is 17.9 Å². The van der Waals surface area contributed by atoms with Crippen LogP contribution < -0.4 is 15.4 Å². The van der Waals surface area contributed by atoms with Crippen molar-refractivity contribution in [3.63, 3.8) is 0 Å². The molecule has 0 aliphatic carbocycles. The van der Waals surface area contributed by atoms with E-state index >= 15 is 0 Å². The summed E-state index contributed by atoms with van der Waals surface area (Å²) in [6.45, 7) is 1.85. The third-order valence-corrected chi connectivity index (χ3v) is 5.30. The number of amides is 2. The molecular weight excluding hydrogens is 382 g/mol. The summed E-state index contributed by atoms with van der Waals surface area (Å²) in [6.07, 6.45) is 1.57. The summed E-state index contributed by atoms with van der Waals surface area (Å²) in [4.78, 5) is 26.9. The molecule has 1 aliphatic rings. The molecule has 3 aromatic rings. The zero-order valence-electron chi connectivity index (χ0n) is 16.9. The second kappa shape index (κ2) is 9.00. The zero-order valence-corrected chi connectivity index (χ0v) is 16.9. The van der Waals surface area contributed by atoms with Gasteiger partial charge in [-0.2, -0.15) is 0 Å². The van der Waals surface area contributed by atoms with Crippen LogP contribution in [0.15, 0.2) is 59.0 Å². The monoisotopic (exact) mass is 407 g/mol. The summed E-state index contributed by atoms with van der Waals surface area (Å²) in [5.74, 6) is 0.626. The fourth-order valence-corrected chi connectivity index (χ4v) is 3.73. The summed E-state index contributed by atoms with van der Waals surface area (Å²) >= 11 is 0. The summed E-state index contributed by atoms with van der Waals surface area (Å²) < 4.78 is 11.0. The Morgan fingerprint density at radius 3 is 2.60 bits per heavy atom. The minimum absolute atomic E-state index is 0.0279. The summed E-state index contributed by atoms with van der Waals surface area (Å²) in [5, 5.41) is 6.78. The van der Waals surface area contributed by atoms with Crippen molar-refractivity contribution in [2.75, 3.05) is 32.1 Å². The van der Waals surface area contributed by atoms with Crippen LogP contribution in [0, 0.1) is 0 Å². The molecule has 0 bridgehead atoms. The molecule has 2 aromatic carbocycles. The Labute approximate surface area is 175 Å². The minimum atomic E-state index is -0.228. The van der Waals surface area contributed by atoms with Crippen molar-refractivity contribution in [1.29, 1.82) is 0 Å². The first-order chi connectivity index (χ1) is 14.6. The first-order valence-electron chi connectivity index (χ1n) is 10.1. The number of hydrogen-bond acceptors (Lipinski definition) is 5. The van der Waals surface area contributed by atoms with E-state index in [1.54, 1.807) is 19.2 Å². The first kappa shape index (κ1) is 20.0. The van der Waals surface area contributed by atoms with Crippen LogP contribution in [-0.2, 0) is 4.79 Å². The molecule has 4 rings (SSSR count). The molecule has 1 fully saturated rings. The van der Waals surface area contributed by atoms with Gasteiger partial charge in [-0.25, -0.2) is 0 Å². The van der Waals surface area contributed by atoms with Gasteiger partial charge in [-0.3, -0.25) is 14.5 Å². The van der Waals surface area contributed by atoms with Crippen LogP contribution in [0.4, 0.5) is 5.69 Å². The fraction of sp³-hybridized carbons (Fsp3) is 0.304. The molecular formula is C23H25N3O4. The van der Waals surface area contributed by atoms with Gasteiger partial charge in [-0.05, 0) is 37.1 Å². The van der Waals surface area contributed by atoms with Crippen molar-refractivity contribution in [2.24, 2.45) is 0 Å². The standard InChI is InChI=1S/C23H25N3O4/c1-29-19-9-5-6-16-14-20(30-22(16)19)23(28)25-18-10-12-26(13-11-18)15-21(27)24-17-7-3-2-4-8-17/h2-9,14,18H,10-13,15H2,1H3,(H,24,27)(H,25,28). The molecule has 1 aliphatic heterocycles. The van der Waals surface area contributed by atoms with Crippen LogP contribution >= 0.6 is 0 Å². The molecule has 1 aromatic heterocycles. The molecule has 0 atom stereocenters. The molecule has 2 N–H and O–H groups in total. The van der Waals surface area contributed by atoms with Gasteiger partial charge in [-0.15, -0.1) is 0 Å². The second-order valence-electron chi connectivity index (χ2n) is 7.43. The van der Waals surface area contributed by atoms with E-state index in [4.69, 9.17) is 9.15 Å². The molecule has 0 radical (unpaired) electrons. The lowest BCUT2D eigenvalue weighted by atomic mass is 10.0. The maximum atomic E-state index is 12.6. The number of nitrogens with one attached hydrogen (secondary N) is 2. The summed E-state index contributed by atoms with van der Waals surface area (Å²) in [6, 6.07) is 16.8. The normalized spacial score (nSPS) is 15.1. The molecule has 0 saturated carbocycles. The number of nitrogens with zero attached hydrogens (tertiary/aromatic N) is 1. The fourth-order valence-electron chi connectivity index (χ4n) is 3.73. The number of ether oxygens (including phenoxy) is 1. The van der Waals surface area contributed by atoms with Gasteiger partial charge in [0.25, 0.3) is 5.91 Å². The van der Waals surface area contributed by atoms with Crippen LogP contribution in [-0.4, -0.2) is 49.5 Å². The molecule has 1 saturated heterocycles. The minimum Gasteiger partial charge on any atom is -0.493 e. The maximum Gasteiger partial charge on any atom is 0.287 e. The van der Waals surface area contributed by atoms with Crippen molar-refractivity contribution in [2.45, 2.75) is 18.9 Å². The third-order valence-electron chi connectivity index (χ3n) is 5.30. The number of piperidine rings is 1. The van der Waals surface area contributed by atoms with Crippen molar-refractivity contribution >= 4 is 28.5 Å². The predicted octanol–water partition coefficient (Wildman–Crippen LogP) is 3.27. The van der Waals surface area contributed by atoms with Gasteiger partial charge in [0.05, 0.1) is 13.7 Å². The van der Waals surface area contributed by atoms with Crippen LogP contribution in [0.25, 0.3) is 11.0 Å². The third kappa shape index (κ3) is 4.63. The van der Waals surface area contributed by atoms with Gasteiger partial charge in [0, 0.05) is 30.2 Å². The second-order valence-corrected chi connectivity index (χ2v) is 7.43. The average Bonchev–Trinajstić information content (AvgIpc) is 3.20. The number of methoxy groups -OCH3 is 1. The van der Waals surface area contributed by atoms with E-state index in [1.165, 1.54) is 0 Å². The van der Waals surface area contributed by atoms with E-state index in [9.17, 15) is 9.59 Å². The maximum absolute atomic E-state index is 12.6. The van der Waals surface area contributed by atoms with E-state index in [0.717, 1.165) is 37.0 Å². The number of furan rings is 1. The van der Waals surface area contributed by atoms with Crippen molar-refractivity contribution in [3.05, 3.63) is 60.4 Å².